The largest absolute Gasteiger partial charge is 0.412 e. The van der Waals surface area contributed by atoms with Gasteiger partial charge in [0.25, 0.3) is 17.2 Å². The molecular formula is C20H17F3N4O4. The lowest BCUT2D eigenvalue weighted by atomic mass is 10.1. The van der Waals surface area contributed by atoms with E-state index in [0.29, 0.717) is 5.69 Å². The van der Waals surface area contributed by atoms with E-state index in [2.05, 4.69) is 5.10 Å². The number of nitro groups is 1. The van der Waals surface area contributed by atoms with Crippen LogP contribution in [0.15, 0.2) is 53.3 Å². The molecule has 0 spiro atoms. The summed E-state index contributed by atoms with van der Waals surface area (Å²) in [4.78, 5) is 34.8. The maximum Gasteiger partial charge on any atom is 0.412 e. The average Bonchev–Trinajstić information content (AvgIpc) is 3.09. The predicted octanol–water partition coefficient (Wildman–Crippen LogP) is 3.72. The van der Waals surface area contributed by atoms with Crippen molar-refractivity contribution in [3.05, 3.63) is 91.4 Å². The first-order chi connectivity index (χ1) is 14.5. The second-order valence-electron chi connectivity index (χ2n) is 6.91. The summed E-state index contributed by atoms with van der Waals surface area (Å²) in [7, 11) is 0. The van der Waals surface area contributed by atoms with E-state index in [1.54, 1.807) is 23.5 Å². The van der Waals surface area contributed by atoms with Crippen LogP contribution in [-0.4, -0.2) is 26.8 Å². The lowest BCUT2D eigenvalue weighted by Crippen LogP contribution is -2.38. The lowest BCUT2D eigenvalue weighted by molar-refractivity contribution is -0.385. The molecule has 0 fully saturated rings. The molecule has 1 heterocycles. The number of aryl methyl sites for hydroxylation is 2. The van der Waals surface area contributed by atoms with E-state index in [-0.39, 0.29) is 5.69 Å². The third kappa shape index (κ3) is 4.65. The molecule has 0 radical (unpaired) electrons. The number of carbonyl (C=O) groups excluding carboxylic acids is 1. The second kappa shape index (κ2) is 8.09. The van der Waals surface area contributed by atoms with Crippen molar-refractivity contribution in [3.63, 3.8) is 0 Å². The number of benzene rings is 2. The van der Waals surface area contributed by atoms with Crippen LogP contribution in [0.4, 0.5) is 18.9 Å². The minimum absolute atomic E-state index is 0.386. The van der Waals surface area contributed by atoms with Gasteiger partial charge in [-0.1, -0.05) is 18.2 Å². The van der Waals surface area contributed by atoms with E-state index in [0.717, 1.165) is 46.1 Å². The molecule has 3 rings (SSSR count). The van der Waals surface area contributed by atoms with Gasteiger partial charge < -0.3 is 5.32 Å². The number of aromatic amines is 1. The van der Waals surface area contributed by atoms with Gasteiger partial charge in [0.1, 0.15) is 5.69 Å². The van der Waals surface area contributed by atoms with Gasteiger partial charge >= 0.3 is 6.18 Å². The molecule has 1 atom stereocenters. The van der Waals surface area contributed by atoms with Crippen LogP contribution in [0.25, 0.3) is 5.69 Å². The first kappa shape index (κ1) is 21.8. The summed E-state index contributed by atoms with van der Waals surface area (Å²) in [6.45, 7) is 3.70. The molecular weight excluding hydrogens is 417 g/mol. The highest BCUT2D eigenvalue weighted by atomic mass is 19.4. The molecule has 0 aliphatic carbocycles. The van der Waals surface area contributed by atoms with Gasteiger partial charge in [-0.3, -0.25) is 24.8 Å². The summed E-state index contributed by atoms with van der Waals surface area (Å²) in [5, 5.41) is 15.2. The molecule has 1 aromatic heterocycles. The number of nitrogens with one attached hydrogen (secondary N) is 2. The standard InChI is InChI=1S/C20H17F3N4O4/c1-11-6-7-14(8-12(11)2)26-17(28)10-16(25-26)19(29)24-18(20(21,22)23)13-4-3-5-15(9-13)27(30)31/h3-10,18,25H,1-2H3,(H,24,29). The van der Waals surface area contributed by atoms with E-state index in [1.165, 1.54) is 0 Å². The Kier molecular flexibility index (Phi) is 5.69. The zero-order valence-electron chi connectivity index (χ0n) is 16.4. The van der Waals surface area contributed by atoms with Gasteiger partial charge in [0.2, 0.25) is 0 Å². The number of aromatic nitrogens is 2. The number of alkyl halides is 3. The number of hydrogen-bond acceptors (Lipinski definition) is 4. The van der Waals surface area contributed by atoms with Gasteiger partial charge in [0, 0.05) is 18.2 Å². The van der Waals surface area contributed by atoms with Crippen molar-refractivity contribution in [2.24, 2.45) is 0 Å². The summed E-state index contributed by atoms with van der Waals surface area (Å²) in [6, 6.07) is 7.35. The fraction of sp³-hybridized carbons (Fsp3) is 0.200. The molecule has 162 valence electrons. The zero-order valence-corrected chi connectivity index (χ0v) is 16.4. The monoisotopic (exact) mass is 434 g/mol. The summed E-state index contributed by atoms with van der Waals surface area (Å²) in [5.41, 5.74) is 0.203. The Hall–Kier alpha value is -3.89. The number of non-ortho nitro benzene ring substituents is 1. The topological polar surface area (TPSA) is 110 Å². The Bertz CT molecular complexity index is 1210. The SMILES string of the molecule is Cc1ccc(-n2[nH]c(C(=O)NC(c3cccc([N+](=O)[O-])c3)C(F)(F)F)cc2=O)cc1C. The number of nitro benzene ring substituents is 1. The highest BCUT2D eigenvalue weighted by Gasteiger charge is 2.42. The second-order valence-corrected chi connectivity index (χ2v) is 6.91. The molecule has 0 bridgehead atoms. The van der Waals surface area contributed by atoms with Crippen LogP contribution >= 0.6 is 0 Å². The van der Waals surface area contributed by atoms with Crippen LogP contribution in [0.3, 0.4) is 0 Å². The number of halogens is 3. The molecule has 3 aromatic rings. The summed E-state index contributed by atoms with van der Waals surface area (Å²) < 4.78 is 41.8. The molecule has 31 heavy (non-hydrogen) atoms. The van der Waals surface area contributed by atoms with Crippen molar-refractivity contribution in [2.45, 2.75) is 26.1 Å². The third-order valence-corrected chi connectivity index (χ3v) is 4.73. The van der Waals surface area contributed by atoms with Crippen LogP contribution in [0.2, 0.25) is 0 Å². The highest BCUT2D eigenvalue weighted by molar-refractivity contribution is 5.92. The maximum absolute atomic E-state index is 13.6. The van der Waals surface area contributed by atoms with Gasteiger partial charge in [-0.25, -0.2) is 4.68 Å². The Morgan fingerprint density at radius 1 is 1.13 bits per heavy atom. The first-order valence-corrected chi connectivity index (χ1v) is 8.99. The van der Waals surface area contributed by atoms with Gasteiger partial charge in [0.15, 0.2) is 6.04 Å². The molecule has 2 N–H and O–H groups in total. The molecule has 1 unspecified atom stereocenters. The third-order valence-electron chi connectivity index (χ3n) is 4.73. The van der Waals surface area contributed by atoms with Crippen molar-refractivity contribution >= 4 is 11.6 Å². The molecule has 1 amide bonds. The maximum atomic E-state index is 13.6. The van der Waals surface area contributed by atoms with E-state index in [1.807, 2.05) is 13.8 Å². The molecule has 0 saturated heterocycles. The van der Waals surface area contributed by atoms with Crippen LogP contribution in [0.5, 0.6) is 0 Å². The lowest BCUT2D eigenvalue weighted by Gasteiger charge is -2.21. The first-order valence-electron chi connectivity index (χ1n) is 8.99. The smallest absolute Gasteiger partial charge is 0.335 e. The Morgan fingerprint density at radius 3 is 2.45 bits per heavy atom. The Balaban J connectivity index is 1.93. The van der Waals surface area contributed by atoms with Gasteiger partial charge in [-0.2, -0.15) is 13.2 Å². The van der Waals surface area contributed by atoms with Crippen molar-refractivity contribution in [2.75, 3.05) is 0 Å². The van der Waals surface area contributed by atoms with Crippen molar-refractivity contribution in [1.29, 1.82) is 0 Å². The normalized spacial score (nSPS) is 12.4. The number of amides is 1. The summed E-state index contributed by atoms with van der Waals surface area (Å²) in [5.74, 6) is -1.19. The fourth-order valence-electron chi connectivity index (χ4n) is 2.95. The quantitative estimate of drug-likeness (QED) is 0.471. The van der Waals surface area contributed by atoms with Crippen molar-refractivity contribution in [3.8, 4) is 5.69 Å². The Morgan fingerprint density at radius 2 is 1.84 bits per heavy atom. The average molecular weight is 434 g/mol. The number of hydrogen-bond donors (Lipinski definition) is 2. The number of carbonyl (C=O) groups is 1. The van der Waals surface area contributed by atoms with Crippen LogP contribution in [0.1, 0.15) is 33.2 Å². The minimum atomic E-state index is -4.93. The molecule has 0 saturated carbocycles. The molecule has 0 aliphatic rings. The number of nitrogens with zero attached hydrogens (tertiary/aromatic N) is 2. The van der Waals surface area contributed by atoms with E-state index >= 15 is 0 Å². The summed E-state index contributed by atoms with van der Waals surface area (Å²) in [6.07, 6.45) is -4.93. The molecule has 8 nitrogen and oxygen atoms in total. The molecule has 0 aliphatic heterocycles. The summed E-state index contributed by atoms with van der Waals surface area (Å²) >= 11 is 0. The number of rotatable bonds is 5. The van der Waals surface area contributed by atoms with E-state index in [4.69, 9.17) is 0 Å². The van der Waals surface area contributed by atoms with Crippen LogP contribution in [0, 0.1) is 24.0 Å². The predicted molar refractivity (Wildman–Crippen MR) is 105 cm³/mol. The minimum Gasteiger partial charge on any atom is -0.335 e. The van der Waals surface area contributed by atoms with Crippen molar-refractivity contribution < 1.29 is 22.9 Å². The number of H-pyrrole nitrogens is 1. The van der Waals surface area contributed by atoms with Gasteiger partial charge in [-0.15, -0.1) is 0 Å². The van der Waals surface area contributed by atoms with Crippen LogP contribution < -0.4 is 10.9 Å². The fourth-order valence-corrected chi connectivity index (χ4v) is 2.95. The highest BCUT2D eigenvalue weighted by Crippen LogP contribution is 2.34. The van der Waals surface area contributed by atoms with Gasteiger partial charge in [0.05, 0.1) is 10.6 Å². The molecule has 11 heteroatoms. The van der Waals surface area contributed by atoms with Crippen molar-refractivity contribution in [1.82, 2.24) is 15.1 Å². The van der Waals surface area contributed by atoms with E-state index < -0.39 is 39.9 Å². The van der Waals surface area contributed by atoms with Gasteiger partial charge in [-0.05, 0) is 42.7 Å². The Labute approximate surface area is 173 Å². The zero-order chi connectivity index (χ0) is 22.9. The van der Waals surface area contributed by atoms with Crippen LogP contribution in [-0.2, 0) is 0 Å². The van der Waals surface area contributed by atoms with E-state index in [9.17, 15) is 32.9 Å². The molecule has 2 aromatic carbocycles.